The topological polar surface area (TPSA) is 116 Å². The van der Waals surface area contributed by atoms with Gasteiger partial charge in [0, 0.05) is 24.7 Å². The Bertz CT molecular complexity index is 1100. The predicted molar refractivity (Wildman–Crippen MR) is 110 cm³/mol. The number of benzene rings is 2. The molecule has 0 spiro atoms. The molecule has 1 fully saturated rings. The van der Waals surface area contributed by atoms with Crippen LogP contribution in [0.3, 0.4) is 0 Å². The first-order valence-corrected chi connectivity index (χ1v) is 10.6. The number of hydrazine groups is 1. The summed E-state index contributed by atoms with van der Waals surface area (Å²) in [7, 11) is -0.927. The van der Waals surface area contributed by atoms with Gasteiger partial charge >= 0.3 is 0 Å². The summed E-state index contributed by atoms with van der Waals surface area (Å²) in [5.74, 6) is -1.59. The minimum absolute atomic E-state index is 0.0406. The second kappa shape index (κ2) is 8.52. The number of carbonyl (C=O) groups excluding carboxylic acids is 3. The zero-order valence-electron chi connectivity index (χ0n) is 16.1. The van der Waals surface area contributed by atoms with Gasteiger partial charge in [-0.25, -0.2) is 23.0 Å². The van der Waals surface area contributed by atoms with Crippen molar-refractivity contribution in [3.63, 3.8) is 0 Å². The number of carbonyl (C=O) groups is 3. The van der Waals surface area contributed by atoms with Crippen LogP contribution < -0.4 is 15.8 Å². The van der Waals surface area contributed by atoms with E-state index in [0.717, 1.165) is 9.21 Å². The molecule has 2 aromatic carbocycles. The number of nitrogens with one attached hydrogen (secondary N) is 2. The van der Waals surface area contributed by atoms with Gasteiger partial charge in [-0.1, -0.05) is 17.7 Å². The van der Waals surface area contributed by atoms with E-state index in [4.69, 9.17) is 11.6 Å². The number of rotatable bonds is 6. The van der Waals surface area contributed by atoms with Crippen molar-refractivity contribution in [3.05, 3.63) is 59.1 Å². The highest BCUT2D eigenvalue weighted by Crippen LogP contribution is 2.24. The fourth-order valence-electron chi connectivity index (χ4n) is 2.84. The van der Waals surface area contributed by atoms with Crippen molar-refractivity contribution >= 4 is 45.0 Å². The second-order valence-electron chi connectivity index (χ2n) is 6.71. The molecule has 1 unspecified atom stereocenters. The van der Waals surface area contributed by atoms with Crippen molar-refractivity contribution in [2.75, 3.05) is 19.0 Å². The van der Waals surface area contributed by atoms with Crippen LogP contribution in [0.2, 0.25) is 5.02 Å². The molecule has 3 rings (SSSR count). The molecule has 0 saturated carbocycles. The van der Waals surface area contributed by atoms with E-state index in [1.54, 1.807) is 24.3 Å². The van der Waals surface area contributed by atoms with Crippen LogP contribution in [-0.2, 0) is 19.6 Å². The molecule has 30 heavy (non-hydrogen) atoms. The van der Waals surface area contributed by atoms with Gasteiger partial charge in [-0.15, -0.1) is 0 Å². The lowest BCUT2D eigenvalue weighted by Gasteiger charge is -2.16. The molecule has 1 atom stereocenters. The van der Waals surface area contributed by atoms with Crippen molar-refractivity contribution in [2.24, 2.45) is 0 Å². The quantitative estimate of drug-likeness (QED) is 0.504. The molecule has 3 amide bonds. The first-order valence-electron chi connectivity index (χ1n) is 8.82. The van der Waals surface area contributed by atoms with E-state index in [2.05, 4.69) is 10.9 Å². The molecule has 0 bridgehead atoms. The molecular formula is C19H19ClN4O5S. The van der Waals surface area contributed by atoms with Gasteiger partial charge < -0.3 is 0 Å². The predicted octanol–water partition coefficient (Wildman–Crippen LogP) is 1.16. The van der Waals surface area contributed by atoms with E-state index in [0.29, 0.717) is 10.7 Å². The van der Waals surface area contributed by atoms with Crippen molar-refractivity contribution in [2.45, 2.75) is 17.4 Å². The summed E-state index contributed by atoms with van der Waals surface area (Å²) in [5.41, 5.74) is 5.38. The van der Waals surface area contributed by atoms with Gasteiger partial charge in [-0.3, -0.25) is 19.8 Å². The van der Waals surface area contributed by atoms with Crippen molar-refractivity contribution in [3.8, 4) is 0 Å². The monoisotopic (exact) mass is 450 g/mol. The molecule has 0 aliphatic carbocycles. The summed E-state index contributed by atoms with van der Waals surface area (Å²) in [5, 5.41) is 0.471. The summed E-state index contributed by atoms with van der Waals surface area (Å²) < 4.78 is 25.5. The number of hydrogen-bond acceptors (Lipinski definition) is 6. The maximum Gasteiger partial charge on any atom is 0.265 e. The largest absolute Gasteiger partial charge is 0.287 e. The summed E-state index contributed by atoms with van der Waals surface area (Å²) in [6, 6.07) is 10.8. The Balaban J connectivity index is 1.69. The maximum atomic E-state index is 12.6. The molecule has 9 nitrogen and oxygen atoms in total. The highest BCUT2D eigenvalue weighted by molar-refractivity contribution is 7.89. The number of nitrogens with zero attached hydrogens (tertiary/aromatic N) is 2. The summed E-state index contributed by atoms with van der Waals surface area (Å²) in [6.45, 7) is 0. The van der Waals surface area contributed by atoms with Gasteiger partial charge in [0.25, 0.3) is 11.8 Å². The Labute approximate surface area is 178 Å². The highest BCUT2D eigenvalue weighted by atomic mass is 35.5. The highest BCUT2D eigenvalue weighted by Gasteiger charge is 2.39. The number of sulfonamides is 1. The summed E-state index contributed by atoms with van der Waals surface area (Å²) >= 11 is 5.83. The van der Waals surface area contributed by atoms with Crippen LogP contribution in [0, 0.1) is 0 Å². The smallest absolute Gasteiger partial charge is 0.265 e. The van der Waals surface area contributed by atoms with Crippen LogP contribution in [0.5, 0.6) is 0 Å². The number of anilines is 1. The van der Waals surface area contributed by atoms with Crippen LogP contribution in [0.25, 0.3) is 0 Å². The maximum absolute atomic E-state index is 12.6. The standard InChI is InChI=1S/C19H19ClN4O5S/c1-23(2)30(28,29)15-5-3-4-12(10-15)18(26)22-21-16-11-17(25)24(19(16)27)14-8-6-13(20)7-9-14/h3-10,16,21H,11H2,1-2H3,(H,22,26). The summed E-state index contributed by atoms with van der Waals surface area (Å²) in [6.07, 6.45) is -0.142. The number of amides is 3. The first-order chi connectivity index (χ1) is 14.1. The lowest BCUT2D eigenvalue weighted by Crippen LogP contribution is -2.48. The Morgan fingerprint density at radius 3 is 2.43 bits per heavy atom. The molecule has 0 radical (unpaired) electrons. The molecule has 1 aliphatic heterocycles. The van der Waals surface area contributed by atoms with Crippen molar-refractivity contribution in [1.29, 1.82) is 0 Å². The normalized spacial score (nSPS) is 16.9. The molecule has 11 heteroatoms. The van der Waals surface area contributed by atoms with Crippen molar-refractivity contribution in [1.82, 2.24) is 15.2 Å². The minimum atomic E-state index is -3.70. The van der Waals surface area contributed by atoms with E-state index in [9.17, 15) is 22.8 Å². The SMILES string of the molecule is CN(C)S(=O)(=O)c1cccc(C(=O)NNC2CC(=O)N(c3ccc(Cl)cc3)C2=O)c1. The van der Waals surface area contributed by atoms with E-state index >= 15 is 0 Å². The van der Waals surface area contributed by atoms with Gasteiger partial charge in [-0.2, -0.15) is 0 Å². The average molecular weight is 451 g/mol. The third-order valence-corrected chi connectivity index (χ3v) is 6.53. The van der Waals surface area contributed by atoms with Crippen molar-refractivity contribution < 1.29 is 22.8 Å². The molecule has 1 saturated heterocycles. The van der Waals surface area contributed by atoms with E-state index in [1.807, 2.05) is 0 Å². The molecule has 0 aromatic heterocycles. The third kappa shape index (κ3) is 4.36. The van der Waals surface area contributed by atoms with E-state index in [1.165, 1.54) is 38.4 Å². The molecule has 1 aliphatic rings. The second-order valence-corrected chi connectivity index (χ2v) is 9.30. The zero-order chi connectivity index (χ0) is 22.1. The fraction of sp³-hybridized carbons (Fsp3) is 0.211. The Morgan fingerprint density at radius 1 is 1.13 bits per heavy atom. The van der Waals surface area contributed by atoms with Crippen LogP contribution >= 0.6 is 11.6 Å². The lowest BCUT2D eigenvalue weighted by molar-refractivity contribution is -0.121. The average Bonchev–Trinajstić information content (AvgIpc) is 3.00. The molecule has 1 heterocycles. The fourth-order valence-corrected chi connectivity index (χ4v) is 3.91. The van der Waals surface area contributed by atoms with Gasteiger partial charge in [0.15, 0.2) is 0 Å². The van der Waals surface area contributed by atoms with Gasteiger partial charge in [-0.05, 0) is 42.5 Å². The Morgan fingerprint density at radius 2 is 1.80 bits per heavy atom. The Hall–Kier alpha value is -2.79. The number of hydrogen-bond donors (Lipinski definition) is 2. The van der Waals surface area contributed by atoms with Crippen LogP contribution in [-0.4, -0.2) is 50.6 Å². The van der Waals surface area contributed by atoms with Gasteiger partial charge in [0.1, 0.15) is 6.04 Å². The first kappa shape index (κ1) is 21.9. The van der Waals surface area contributed by atoms with Gasteiger partial charge in [0.05, 0.1) is 17.0 Å². The minimum Gasteiger partial charge on any atom is -0.287 e. The third-order valence-electron chi connectivity index (χ3n) is 4.47. The zero-order valence-corrected chi connectivity index (χ0v) is 17.7. The van der Waals surface area contributed by atoms with Crippen LogP contribution in [0.15, 0.2) is 53.4 Å². The molecule has 158 valence electrons. The van der Waals surface area contributed by atoms with Crippen LogP contribution in [0.1, 0.15) is 16.8 Å². The molecular weight excluding hydrogens is 432 g/mol. The van der Waals surface area contributed by atoms with Gasteiger partial charge in [0.2, 0.25) is 15.9 Å². The summed E-state index contributed by atoms with van der Waals surface area (Å²) in [4.78, 5) is 38.2. The Kier molecular flexibility index (Phi) is 6.22. The lowest BCUT2D eigenvalue weighted by atomic mass is 10.2. The van der Waals surface area contributed by atoms with Crippen LogP contribution in [0.4, 0.5) is 5.69 Å². The molecule has 2 N–H and O–H groups in total. The van der Waals surface area contributed by atoms with E-state index < -0.39 is 33.8 Å². The molecule has 2 aromatic rings. The number of halogens is 1. The number of imide groups is 1. The van der Waals surface area contributed by atoms with E-state index in [-0.39, 0.29) is 16.9 Å².